The van der Waals surface area contributed by atoms with Crippen LogP contribution >= 0.6 is 0 Å². The Labute approximate surface area is 99.5 Å². The molecule has 16 heavy (non-hydrogen) atoms. The number of nitrogens with zero attached hydrogens (tertiary/aromatic N) is 1. The summed E-state index contributed by atoms with van der Waals surface area (Å²) in [4.78, 5) is 2.26. The molecule has 0 aliphatic carbocycles. The van der Waals surface area contributed by atoms with E-state index in [1.54, 1.807) is 0 Å². The van der Waals surface area contributed by atoms with Crippen LogP contribution in [-0.2, 0) is 12.0 Å². The van der Waals surface area contributed by atoms with Gasteiger partial charge in [0, 0.05) is 18.0 Å². The number of benzene rings is 1. The molecule has 1 aromatic carbocycles. The first kappa shape index (κ1) is 13.2. The molecule has 0 saturated heterocycles. The van der Waals surface area contributed by atoms with Gasteiger partial charge in [0.15, 0.2) is 0 Å². The van der Waals surface area contributed by atoms with Gasteiger partial charge in [-0.05, 0) is 32.1 Å². The summed E-state index contributed by atoms with van der Waals surface area (Å²) in [6, 6.07) is 8.95. The van der Waals surface area contributed by atoms with E-state index in [-0.39, 0.29) is 5.41 Å². The highest BCUT2D eigenvalue weighted by Gasteiger charge is 2.30. The SMILES string of the molecule is CC(N(C)C)C(C)(C)c1ccccc1CN. The van der Waals surface area contributed by atoms with E-state index in [0.717, 1.165) is 0 Å². The highest BCUT2D eigenvalue weighted by Crippen LogP contribution is 2.31. The van der Waals surface area contributed by atoms with Crippen molar-refractivity contribution in [2.45, 2.75) is 38.8 Å². The van der Waals surface area contributed by atoms with Crippen LogP contribution in [0.15, 0.2) is 24.3 Å². The Morgan fingerprint density at radius 3 is 2.31 bits per heavy atom. The maximum Gasteiger partial charge on any atom is 0.0181 e. The van der Waals surface area contributed by atoms with Gasteiger partial charge in [-0.15, -0.1) is 0 Å². The van der Waals surface area contributed by atoms with Crippen LogP contribution in [0.1, 0.15) is 31.9 Å². The first-order valence-corrected chi connectivity index (χ1v) is 5.86. The number of likely N-dealkylation sites (N-methyl/N-ethyl adjacent to an activating group) is 1. The fourth-order valence-electron chi connectivity index (χ4n) is 2.20. The molecule has 1 aromatic rings. The van der Waals surface area contributed by atoms with Crippen molar-refractivity contribution in [3.8, 4) is 0 Å². The molecule has 2 N–H and O–H groups in total. The molecular weight excluding hydrogens is 196 g/mol. The van der Waals surface area contributed by atoms with Crippen molar-refractivity contribution < 1.29 is 0 Å². The maximum absolute atomic E-state index is 5.81. The third kappa shape index (κ3) is 2.45. The number of rotatable bonds is 4. The lowest BCUT2D eigenvalue weighted by Crippen LogP contribution is -2.42. The fraction of sp³-hybridized carbons (Fsp3) is 0.571. The van der Waals surface area contributed by atoms with Crippen LogP contribution in [0.3, 0.4) is 0 Å². The largest absolute Gasteiger partial charge is 0.326 e. The van der Waals surface area contributed by atoms with Crippen molar-refractivity contribution in [3.05, 3.63) is 35.4 Å². The van der Waals surface area contributed by atoms with Crippen molar-refractivity contribution in [1.82, 2.24) is 4.90 Å². The van der Waals surface area contributed by atoms with Crippen LogP contribution in [0.25, 0.3) is 0 Å². The Balaban J connectivity index is 3.15. The van der Waals surface area contributed by atoms with Crippen LogP contribution in [0, 0.1) is 0 Å². The number of nitrogens with two attached hydrogens (primary N) is 1. The van der Waals surface area contributed by atoms with Gasteiger partial charge in [-0.2, -0.15) is 0 Å². The monoisotopic (exact) mass is 220 g/mol. The van der Waals surface area contributed by atoms with E-state index in [4.69, 9.17) is 5.73 Å². The van der Waals surface area contributed by atoms with Gasteiger partial charge in [0.25, 0.3) is 0 Å². The third-order valence-corrected chi connectivity index (χ3v) is 3.75. The molecule has 0 aromatic heterocycles. The van der Waals surface area contributed by atoms with Gasteiger partial charge in [-0.1, -0.05) is 38.1 Å². The van der Waals surface area contributed by atoms with E-state index in [1.807, 2.05) is 0 Å². The summed E-state index contributed by atoms with van der Waals surface area (Å²) < 4.78 is 0. The summed E-state index contributed by atoms with van der Waals surface area (Å²) in [6.07, 6.45) is 0. The molecular formula is C14H24N2. The van der Waals surface area contributed by atoms with Crippen molar-refractivity contribution >= 4 is 0 Å². The predicted octanol–water partition coefficient (Wildman–Crippen LogP) is 2.37. The van der Waals surface area contributed by atoms with Gasteiger partial charge >= 0.3 is 0 Å². The summed E-state index contributed by atoms with van der Waals surface area (Å²) in [6.45, 7) is 7.44. The zero-order chi connectivity index (χ0) is 12.3. The van der Waals surface area contributed by atoms with Gasteiger partial charge in [0.1, 0.15) is 0 Å². The molecule has 90 valence electrons. The highest BCUT2D eigenvalue weighted by molar-refractivity contribution is 5.34. The fourth-order valence-corrected chi connectivity index (χ4v) is 2.20. The molecule has 0 fully saturated rings. The van der Waals surface area contributed by atoms with Gasteiger partial charge < -0.3 is 10.6 Å². The lowest BCUT2D eigenvalue weighted by molar-refractivity contribution is 0.216. The first-order chi connectivity index (χ1) is 7.41. The van der Waals surface area contributed by atoms with Crippen molar-refractivity contribution in [2.24, 2.45) is 5.73 Å². The van der Waals surface area contributed by atoms with Crippen LogP contribution < -0.4 is 5.73 Å². The average molecular weight is 220 g/mol. The standard InChI is InChI=1S/C14H24N2/c1-11(16(4)5)14(2,3)13-9-7-6-8-12(13)10-15/h6-9,11H,10,15H2,1-5H3. The average Bonchev–Trinajstić information content (AvgIpc) is 2.27. The lowest BCUT2D eigenvalue weighted by Gasteiger charge is -2.38. The van der Waals surface area contributed by atoms with E-state index in [0.29, 0.717) is 12.6 Å². The molecule has 2 heteroatoms. The minimum Gasteiger partial charge on any atom is -0.326 e. The molecule has 0 bridgehead atoms. The number of hydrogen-bond acceptors (Lipinski definition) is 2. The Kier molecular flexibility index (Phi) is 4.11. The van der Waals surface area contributed by atoms with E-state index in [1.165, 1.54) is 11.1 Å². The Morgan fingerprint density at radius 1 is 1.25 bits per heavy atom. The van der Waals surface area contributed by atoms with E-state index >= 15 is 0 Å². The maximum atomic E-state index is 5.81. The topological polar surface area (TPSA) is 29.3 Å². The molecule has 1 rings (SSSR count). The molecule has 0 aliphatic heterocycles. The first-order valence-electron chi connectivity index (χ1n) is 5.86. The summed E-state index contributed by atoms with van der Waals surface area (Å²) in [5.41, 5.74) is 8.53. The van der Waals surface area contributed by atoms with Crippen molar-refractivity contribution in [2.75, 3.05) is 14.1 Å². The Bertz CT molecular complexity index is 342. The number of hydrogen-bond donors (Lipinski definition) is 1. The van der Waals surface area contributed by atoms with Crippen molar-refractivity contribution in [3.63, 3.8) is 0 Å². The van der Waals surface area contributed by atoms with Crippen LogP contribution in [0.2, 0.25) is 0 Å². The van der Waals surface area contributed by atoms with Crippen LogP contribution in [0.4, 0.5) is 0 Å². The van der Waals surface area contributed by atoms with Crippen LogP contribution in [0.5, 0.6) is 0 Å². The molecule has 0 saturated carbocycles. The van der Waals surface area contributed by atoms with Gasteiger partial charge in [-0.3, -0.25) is 0 Å². The molecule has 0 amide bonds. The van der Waals surface area contributed by atoms with Crippen LogP contribution in [-0.4, -0.2) is 25.0 Å². The summed E-state index contributed by atoms with van der Waals surface area (Å²) in [5.74, 6) is 0. The minimum atomic E-state index is 0.111. The smallest absolute Gasteiger partial charge is 0.0181 e. The molecule has 0 heterocycles. The molecule has 0 aliphatic rings. The quantitative estimate of drug-likeness (QED) is 0.844. The summed E-state index contributed by atoms with van der Waals surface area (Å²) in [7, 11) is 4.24. The molecule has 0 radical (unpaired) electrons. The second kappa shape index (κ2) is 4.98. The third-order valence-electron chi connectivity index (χ3n) is 3.75. The molecule has 0 spiro atoms. The highest BCUT2D eigenvalue weighted by atomic mass is 15.1. The molecule has 1 atom stereocenters. The van der Waals surface area contributed by atoms with Gasteiger partial charge in [0.2, 0.25) is 0 Å². The second-order valence-electron chi connectivity index (χ2n) is 5.22. The second-order valence-corrected chi connectivity index (χ2v) is 5.22. The van der Waals surface area contributed by atoms with Crippen molar-refractivity contribution in [1.29, 1.82) is 0 Å². The van der Waals surface area contributed by atoms with E-state index in [9.17, 15) is 0 Å². The van der Waals surface area contributed by atoms with E-state index < -0.39 is 0 Å². The zero-order valence-corrected chi connectivity index (χ0v) is 11.1. The van der Waals surface area contributed by atoms with Gasteiger partial charge in [-0.25, -0.2) is 0 Å². The molecule has 1 unspecified atom stereocenters. The molecule has 2 nitrogen and oxygen atoms in total. The van der Waals surface area contributed by atoms with E-state index in [2.05, 4.69) is 64.0 Å². The summed E-state index contributed by atoms with van der Waals surface area (Å²) in [5, 5.41) is 0. The minimum absolute atomic E-state index is 0.111. The normalized spacial score (nSPS) is 14.2. The lowest BCUT2D eigenvalue weighted by atomic mass is 9.76. The zero-order valence-electron chi connectivity index (χ0n) is 11.1. The van der Waals surface area contributed by atoms with Gasteiger partial charge in [0.05, 0.1) is 0 Å². The Morgan fingerprint density at radius 2 is 1.81 bits per heavy atom. The predicted molar refractivity (Wildman–Crippen MR) is 70.5 cm³/mol. The Hall–Kier alpha value is -0.860. The summed E-state index contributed by atoms with van der Waals surface area (Å²) >= 11 is 0.